The summed E-state index contributed by atoms with van der Waals surface area (Å²) >= 11 is 3.74. The molecule has 1 aromatic heterocycles. The highest BCUT2D eigenvalue weighted by Gasteiger charge is 2.33. The molecule has 0 N–H and O–H groups in total. The number of aryl methyl sites for hydroxylation is 1. The quantitative estimate of drug-likeness (QED) is 0.794. The number of alkyl halides is 1. The summed E-state index contributed by atoms with van der Waals surface area (Å²) in [4.78, 5) is 4.78. The summed E-state index contributed by atoms with van der Waals surface area (Å²) in [6.45, 7) is 4.97. The SMILES string of the molecule is CCc1nc2ccccc2n1CC1(CBr)CCOCC1. The van der Waals surface area contributed by atoms with Gasteiger partial charge >= 0.3 is 0 Å². The van der Waals surface area contributed by atoms with Crippen LogP contribution in [-0.4, -0.2) is 28.1 Å². The highest BCUT2D eigenvalue weighted by atomic mass is 79.9. The van der Waals surface area contributed by atoms with Crippen LogP contribution in [0.15, 0.2) is 24.3 Å². The molecule has 2 aromatic rings. The van der Waals surface area contributed by atoms with Gasteiger partial charge in [-0.3, -0.25) is 0 Å². The lowest BCUT2D eigenvalue weighted by molar-refractivity contribution is 0.0188. The van der Waals surface area contributed by atoms with Crippen LogP contribution in [0.4, 0.5) is 0 Å². The molecule has 2 heterocycles. The molecule has 0 spiro atoms. The zero-order chi connectivity index (χ0) is 14.0. The molecule has 1 aromatic carbocycles. The lowest BCUT2D eigenvalue weighted by Gasteiger charge is -2.36. The molecule has 20 heavy (non-hydrogen) atoms. The molecule has 108 valence electrons. The summed E-state index contributed by atoms with van der Waals surface area (Å²) in [5.74, 6) is 1.19. The van der Waals surface area contributed by atoms with E-state index in [9.17, 15) is 0 Å². The third-order valence-electron chi connectivity index (χ3n) is 4.38. The second-order valence-corrected chi connectivity index (χ2v) is 6.26. The Morgan fingerprint density at radius 2 is 2.05 bits per heavy atom. The van der Waals surface area contributed by atoms with Crippen molar-refractivity contribution in [2.45, 2.75) is 32.7 Å². The number of para-hydroxylation sites is 2. The van der Waals surface area contributed by atoms with Crippen molar-refractivity contribution in [3.8, 4) is 0 Å². The molecule has 3 rings (SSSR count). The normalized spacial score (nSPS) is 18.5. The number of hydrogen-bond acceptors (Lipinski definition) is 2. The Morgan fingerprint density at radius 1 is 1.30 bits per heavy atom. The number of aromatic nitrogens is 2. The van der Waals surface area contributed by atoms with E-state index < -0.39 is 0 Å². The van der Waals surface area contributed by atoms with Gasteiger partial charge in [0.1, 0.15) is 5.82 Å². The minimum atomic E-state index is 0.297. The molecule has 3 nitrogen and oxygen atoms in total. The molecule has 1 aliphatic rings. The minimum absolute atomic E-state index is 0.297. The van der Waals surface area contributed by atoms with Gasteiger partial charge in [0.2, 0.25) is 0 Å². The molecule has 1 aliphatic heterocycles. The van der Waals surface area contributed by atoms with E-state index >= 15 is 0 Å². The smallest absolute Gasteiger partial charge is 0.109 e. The summed E-state index contributed by atoms with van der Waals surface area (Å²) < 4.78 is 7.96. The summed E-state index contributed by atoms with van der Waals surface area (Å²) in [5, 5.41) is 1.03. The first-order chi connectivity index (χ1) is 9.78. The molecular formula is C16H21BrN2O. The maximum Gasteiger partial charge on any atom is 0.109 e. The number of halogens is 1. The summed E-state index contributed by atoms with van der Waals surface area (Å²) in [6.07, 6.45) is 3.21. The molecule has 0 amide bonds. The fourth-order valence-electron chi connectivity index (χ4n) is 3.05. The Morgan fingerprint density at radius 3 is 2.75 bits per heavy atom. The van der Waals surface area contributed by atoms with Crippen LogP contribution < -0.4 is 0 Å². The monoisotopic (exact) mass is 336 g/mol. The zero-order valence-corrected chi connectivity index (χ0v) is 13.5. The Hall–Kier alpha value is -0.870. The topological polar surface area (TPSA) is 27.1 Å². The second-order valence-electron chi connectivity index (χ2n) is 5.70. The zero-order valence-electron chi connectivity index (χ0n) is 11.9. The van der Waals surface area contributed by atoms with Gasteiger partial charge in [0.05, 0.1) is 11.0 Å². The van der Waals surface area contributed by atoms with Crippen molar-refractivity contribution in [3.63, 3.8) is 0 Å². The lowest BCUT2D eigenvalue weighted by Crippen LogP contribution is -2.35. The predicted molar refractivity (Wildman–Crippen MR) is 85.4 cm³/mol. The Bertz CT molecular complexity index is 587. The molecule has 0 unspecified atom stereocenters. The number of nitrogens with zero attached hydrogens (tertiary/aromatic N) is 2. The Balaban J connectivity index is 2.00. The standard InChI is InChI=1S/C16H21BrN2O/c1-2-15-18-13-5-3-4-6-14(13)19(15)12-16(11-17)7-9-20-10-8-16/h3-6H,2,7-12H2,1H3. The molecule has 0 radical (unpaired) electrons. The number of imidazole rings is 1. The van der Waals surface area contributed by atoms with E-state index in [1.54, 1.807) is 0 Å². The van der Waals surface area contributed by atoms with Gasteiger partial charge in [0.15, 0.2) is 0 Å². The lowest BCUT2D eigenvalue weighted by atomic mass is 9.82. The van der Waals surface area contributed by atoms with Gasteiger partial charge in [0, 0.05) is 36.9 Å². The van der Waals surface area contributed by atoms with Crippen LogP contribution in [0, 0.1) is 5.41 Å². The van der Waals surface area contributed by atoms with E-state index in [2.05, 4.69) is 51.7 Å². The summed E-state index contributed by atoms with van der Waals surface area (Å²) in [6, 6.07) is 8.46. The van der Waals surface area contributed by atoms with Crippen molar-refractivity contribution in [2.24, 2.45) is 5.41 Å². The van der Waals surface area contributed by atoms with E-state index in [1.807, 2.05) is 0 Å². The van der Waals surface area contributed by atoms with Crippen molar-refractivity contribution in [1.29, 1.82) is 0 Å². The van der Waals surface area contributed by atoms with Crippen molar-refractivity contribution in [2.75, 3.05) is 18.5 Å². The third-order valence-corrected chi connectivity index (χ3v) is 5.57. The van der Waals surface area contributed by atoms with E-state index in [-0.39, 0.29) is 0 Å². The molecule has 0 atom stereocenters. The first kappa shape index (κ1) is 14.1. The molecule has 1 fully saturated rings. The molecule has 0 aliphatic carbocycles. The van der Waals surface area contributed by atoms with Crippen LogP contribution in [0.1, 0.15) is 25.6 Å². The Kier molecular flexibility index (Phi) is 4.13. The van der Waals surface area contributed by atoms with Gasteiger partial charge in [-0.25, -0.2) is 4.98 Å². The van der Waals surface area contributed by atoms with Gasteiger partial charge in [-0.1, -0.05) is 35.0 Å². The van der Waals surface area contributed by atoms with E-state index in [4.69, 9.17) is 9.72 Å². The molecule has 0 bridgehead atoms. The third kappa shape index (κ3) is 2.51. The van der Waals surface area contributed by atoms with Crippen molar-refractivity contribution in [3.05, 3.63) is 30.1 Å². The second kappa shape index (κ2) is 5.86. The minimum Gasteiger partial charge on any atom is -0.381 e. The molecule has 0 saturated carbocycles. The average Bonchev–Trinajstić information content (AvgIpc) is 2.86. The average molecular weight is 337 g/mol. The largest absolute Gasteiger partial charge is 0.381 e. The van der Waals surface area contributed by atoms with Gasteiger partial charge < -0.3 is 9.30 Å². The number of hydrogen-bond donors (Lipinski definition) is 0. The summed E-state index contributed by atoms with van der Waals surface area (Å²) in [7, 11) is 0. The van der Waals surface area contributed by atoms with Crippen molar-refractivity contribution >= 4 is 27.0 Å². The van der Waals surface area contributed by atoms with Gasteiger partial charge in [0.25, 0.3) is 0 Å². The van der Waals surface area contributed by atoms with Crippen LogP contribution in [0.2, 0.25) is 0 Å². The van der Waals surface area contributed by atoms with Crippen LogP contribution in [-0.2, 0) is 17.7 Å². The van der Waals surface area contributed by atoms with Crippen LogP contribution in [0.3, 0.4) is 0 Å². The number of rotatable bonds is 4. The first-order valence-corrected chi connectivity index (χ1v) is 8.48. The van der Waals surface area contributed by atoms with Crippen LogP contribution >= 0.6 is 15.9 Å². The predicted octanol–water partition coefficient (Wildman–Crippen LogP) is 3.79. The van der Waals surface area contributed by atoms with Crippen LogP contribution in [0.5, 0.6) is 0 Å². The van der Waals surface area contributed by atoms with Gasteiger partial charge in [-0.2, -0.15) is 0 Å². The fourth-order valence-corrected chi connectivity index (χ4v) is 3.78. The first-order valence-electron chi connectivity index (χ1n) is 7.36. The highest BCUT2D eigenvalue weighted by Crippen LogP contribution is 2.36. The van der Waals surface area contributed by atoms with Crippen molar-refractivity contribution in [1.82, 2.24) is 9.55 Å². The maximum absolute atomic E-state index is 5.54. The maximum atomic E-state index is 5.54. The van der Waals surface area contributed by atoms with Crippen LogP contribution in [0.25, 0.3) is 11.0 Å². The fraction of sp³-hybridized carbons (Fsp3) is 0.562. The number of ether oxygens (including phenoxy) is 1. The van der Waals surface area contributed by atoms with Crippen molar-refractivity contribution < 1.29 is 4.74 Å². The van der Waals surface area contributed by atoms with E-state index in [1.165, 1.54) is 11.3 Å². The number of benzene rings is 1. The van der Waals surface area contributed by atoms with E-state index in [0.29, 0.717) is 5.41 Å². The highest BCUT2D eigenvalue weighted by molar-refractivity contribution is 9.09. The molecule has 1 saturated heterocycles. The molecule has 4 heteroatoms. The summed E-state index contributed by atoms with van der Waals surface area (Å²) in [5.41, 5.74) is 2.67. The Labute approximate surface area is 128 Å². The van der Waals surface area contributed by atoms with Gasteiger partial charge in [-0.15, -0.1) is 0 Å². The van der Waals surface area contributed by atoms with Gasteiger partial charge in [-0.05, 0) is 25.0 Å². The molecular weight excluding hydrogens is 316 g/mol. The number of fused-ring (bicyclic) bond motifs is 1. The van der Waals surface area contributed by atoms with E-state index in [0.717, 1.165) is 49.9 Å².